The van der Waals surface area contributed by atoms with Crippen LogP contribution in [0.2, 0.25) is 5.02 Å². The second-order valence-electron chi connectivity index (χ2n) is 6.25. The zero-order chi connectivity index (χ0) is 15.0. The standard InChI is InChI=1S/C15H20ClN3O2.ClH/c16-14-6-12(19(20)21)5-4-11(14)8-18-7-10-2-1-3-15(17)13(10)9-18;/h4-6,10,13,15H,1-3,7-9,17H2;1H. The monoisotopic (exact) mass is 345 g/mol. The number of nitrogens with two attached hydrogens (primary N) is 1. The van der Waals surface area contributed by atoms with Gasteiger partial charge in [-0.15, -0.1) is 12.4 Å². The molecule has 1 saturated heterocycles. The molecule has 22 heavy (non-hydrogen) atoms. The maximum atomic E-state index is 10.7. The van der Waals surface area contributed by atoms with E-state index in [2.05, 4.69) is 4.90 Å². The summed E-state index contributed by atoms with van der Waals surface area (Å²) < 4.78 is 0. The van der Waals surface area contributed by atoms with Crippen molar-refractivity contribution in [3.8, 4) is 0 Å². The fourth-order valence-corrected chi connectivity index (χ4v) is 3.99. The summed E-state index contributed by atoms with van der Waals surface area (Å²) in [5.41, 5.74) is 7.23. The molecular formula is C15H21Cl2N3O2. The molecule has 1 aliphatic heterocycles. The van der Waals surface area contributed by atoms with Gasteiger partial charge >= 0.3 is 0 Å². The maximum absolute atomic E-state index is 10.7. The van der Waals surface area contributed by atoms with E-state index in [0.29, 0.717) is 22.9 Å². The van der Waals surface area contributed by atoms with E-state index in [1.54, 1.807) is 6.07 Å². The minimum absolute atomic E-state index is 0. The molecule has 7 heteroatoms. The van der Waals surface area contributed by atoms with Gasteiger partial charge in [0.2, 0.25) is 0 Å². The van der Waals surface area contributed by atoms with Crippen LogP contribution < -0.4 is 5.73 Å². The molecule has 2 aliphatic rings. The van der Waals surface area contributed by atoms with Crippen LogP contribution in [0.15, 0.2) is 18.2 Å². The van der Waals surface area contributed by atoms with Crippen LogP contribution >= 0.6 is 24.0 Å². The van der Waals surface area contributed by atoms with Crippen LogP contribution in [-0.2, 0) is 6.54 Å². The number of nitrogens with zero attached hydrogens (tertiary/aromatic N) is 2. The molecule has 0 bridgehead atoms. The number of hydrogen-bond donors (Lipinski definition) is 1. The molecule has 1 aromatic carbocycles. The van der Waals surface area contributed by atoms with Crippen molar-refractivity contribution in [2.75, 3.05) is 13.1 Å². The van der Waals surface area contributed by atoms with Gasteiger partial charge in [-0.2, -0.15) is 0 Å². The Morgan fingerprint density at radius 2 is 2.14 bits per heavy atom. The van der Waals surface area contributed by atoms with Gasteiger partial charge in [0.25, 0.3) is 5.69 Å². The highest BCUT2D eigenvalue weighted by Crippen LogP contribution is 2.36. The molecule has 0 spiro atoms. The fraction of sp³-hybridized carbons (Fsp3) is 0.600. The van der Waals surface area contributed by atoms with Gasteiger partial charge in [-0.1, -0.05) is 18.0 Å². The van der Waals surface area contributed by atoms with Crippen molar-refractivity contribution in [3.05, 3.63) is 38.9 Å². The number of benzene rings is 1. The Labute approximate surface area is 141 Å². The van der Waals surface area contributed by atoms with Crippen molar-refractivity contribution in [3.63, 3.8) is 0 Å². The van der Waals surface area contributed by atoms with Gasteiger partial charge in [-0.3, -0.25) is 15.0 Å². The third kappa shape index (κ3) is 3.54. The van der Waals surface area contributed by atoms with E-state index >= 15 is 0 Å². The van der Waals surface area contributed by atoms with Gasteiger partial charge in [0.05, 0.1) is 9.95 Å². The lowest BCUT2D eigenvalue weighted by atomic mass is 9.78. The first-order valence-corrected chi connectivity index (χ1v) is 7.83. The predicted molar refractivity (Wildman–Crippen MR) is 89.4 cm³/mol. The summed E-state index contributed by atoms with van der Waals surface area (Å²) in [6.45, 7) is 2.82. The molecule has 0 radical (unpaired) electrons. The lowest BCUT2D eigenvalue weighted by Crippen LogP contribution is -2.38. The number of likely N-dealkylation sites (tertiary alicyclic amines) is 1. The Balaban J connectivity index is 0.00000176. The number of hydrogen-bond acceptors (Lipinski definition) is 4. The Hall–Kier alpha value is -0.880. The molecule has 0 amide bonds. The van der Waals surface area contributed by atoms with Gasteiger partial charge in [0.15, 0.2) is 0 Å². The van der Waals surface area contributed by atoms with E-state index in [1.807, 2.05) is 0 Å². The minimum atomic E-state index is -0.418. The smallest absolute Gasteiger partial charge is 0.270 e. The molecule has 5 nitrogen and oxygen atoms in total. The van der Waals surface area contributed by atoms with E-state index in [9.17, 15) is 10.1 Å². The van der Waals surface area contributed by atoms with Crippen LogP contribution in [0.5, 0.6) is 0 Å². The first kappa shape index (κ1) is 17.5. The highest BCUT2D eigenvalue weighted by molar-refractivity contribution is 6.31. The van der Waals surface area contributed by atoms with Gasteiger partial charge in [0, 0.05) is 37.8 Å². The molecule has 3 rings (SSSR count). The summed E-state index contributed by atoms with van der Waals surface area (Å²) in [5.74, 6) is 1.29. The maximum Gasteiger partial charge on any atom is 0.270 e. The van der Waals surface area contributed by atoms with E-state index in [1.165, 1.54) is 25.0 Å². The summed E-state index contributed by atoms with van der Waals surface area (Å²) in [6.07, 6.45) is 3.63. The highest BCUT2D eigenvalue weighted by atomic mass is 35.5. The second-order valence-corrected chi connectivity index (χ2v) is 6.65. The Morgan fingerprint density at radius 1 is 1.36 bits per heavy atom. The van der Waals surface area contributed by atoms with Gasteiger partial charge in [0.1, 0.15) is 0 Å². The first-order chi connectivity index (χ1) is 10.0. The van der Waals surface area contributed by atoms with Crippen LogP contribution in [0.1, 0.15) is 24.8 Å². The summed E-state index contributed by atoms with van der Waals surface area (Å²) in [5, 5.41) is 11.2. The van der Waals surface area contributed by atoms with Crippen LogP contribution in [0.4, 0.5) is 5.69 Å². The number of non-ortho nitro benzene ring substituents is 1. The molecule has 1 heterocycles. The number of nitro groups is 1. The van der Waals surface area contributed by atoms with E-state index in [0.717, 1.165) is 31.6 Å². The molecule has 1 aromatic rings. The second kappa shape index (κ2) is 7.13. The fourth-order valence-electron chi connectivity index (χ4n) is 3.76. The minimum Gasteiger partial charge on any atom is -0.327 e. The zero-order valence-electron chi connectivity index (χ0n) is 12.3. The normalized spacial score (nSPS) is 28.0. The van der Waals surface area contributed by atoms with E-state index < -0.39 is 4.92 Å². The topological polar surface area (TPSA) is 72.4 Å². The average Bonchev–Trinajstić information content (AvgIpc) is 2.85. The Kier molecular flexibility index (Phi) is 5.66. The highest BCUT2D eigenvalue weighted by Gasteiger charge is 2.38. The third-order valence-electron chi connectivity index (χ3n) is 4.87. The number of nitro benzene ring substituents is 1. The molecule has 2 fully saturated rings. The van der Waals surface area contributed by atoms with Crippen molar-refractivity contribution in [2.45, 2.75) is 31.8 Å². The molecule has 3 unspecified atom stereocenters. The number of fused-ring (bicyclic) bond motifs is 1. The summed E-state index contributed by atoms with van der Waals surface area (Å²) >= 11 is 6.18. The third-order valence-corrected chi connectivity index (χ3v) is 5.22. The molecule has 3 atom stereocenters. The molecule has 122 valence electrons. The SMILES string of the molecule is Cl.NC1CCCC2CN(Cc3ccc([N+](=O)[O-])cc3Cl)CC12. The van der Waals surface area contributed by atoms with Crippen LogP contribution in [0.3, 0.4) is 0 Å². The zero-order valence-corrected chi connectivity index (χ0v) is 13.9. The summed E-state index contributed by atoms with van der Waals surface area (Å²) in [4.78, 5) is 12.7. The quantitative estimate of drug-likeness (QED) is 0.674. The molecule has 1 saturated carbocycles. The lowest BCUT2D eigenvalue weighted by molar-refractivity contribution is -0.384. The Bertz CT molecular complexity index is 556. The van der Waals surface area contributed by atoms with E-state index in [-0.39, 0.29) is 18.1 Å². The molecule has 0 aromatic heterocycles. The summed E-state index contributed by atoms with van der Waals surface area (Å²) in [7, 11) is 0. The van der Waals surface area contributed by atoms with Crippen LogP contribution in [0, 0.1) is 22.0 Å². The average molecular weight is 346 g/mol. The van der Waals surface area contributed by atoms with Gasteiger partial charge < -0.3 is 5.73 Å². The number of halogens is 2. The lowest BCUT2D eigenvalue weighted by Gasteiger charge is -2.29. The molecule has 1 aliphatic carbocycles. The van der Waals surface area contributed by atoms with Gasteiger partial charge in [-0.25, -0.2) is 0 Å². The van der Waals surface area contributed by atoms with Crippen LogP contribution in [-0.4, -0.2) is 29.0 Å². The predicted octanol–water partition coefficient (Wildman–Crippen LogP) is 3.23. The largest absolute Gasteiger partial charge is 0.327 e. The van der Waals surface area contributed by atoms with Crippen molar-refractivity contribution < 1.29 is 4.92 Å². The molecular weight excluding hydrogens is 325 g/mol. The van der Waals surface area contributed by atoms with Gasteiger partial charge in [-0.05, 0) is 36.3 Å². The van der Waals surface area contributed by atoms with Crippen molar-refractivity contribution in [1.82, 2.24) is 4.90 Å². The van der Waals surface area contributed by atoms with Crippen molar-refractivity contribution in [2.24, 2.45) is 17.6 Å². The van der Waals surface area contributed by atoms with Crippen LogP contribution in [0.25, 0.3) is 0 Å². The summed E-state index contributed by atoms with van der Waals surface area (Å²) in [6, 6.07) is 5.05. The number of rotatable bonds is 3. The first-order valence-electron chi connectivity index (χ1n) is 7.45. The van der Waals surface area contributed by atoms with E-state index in [4.69, 9.17) is 17.3 Å². The van der Waals surface area contributed by atoms with Crippen molar-refractivity contribution in [1.29, 1.82) is 0 Å². The molecule has 2 N–H and O–H groups in total. The van der Waals surface area contributed by atoms with Crippen molar-refractivity contribution >= 4 is 29.7 Å². The Morgan fingerprint density at radius 3 is 2.77 bits per heavy atom.